The zero-order valence-electron chi connectivity index (χ0n) is 12.1. The van der Waals surface area contributed by atoms with Gasteiger partial charge in [-0.1, -0.05) is 32.9 Å². The van der Waals surface area contributed by atoms with Crippen LogP contribution in [-0.2, 0) is 15.4 Å². The Morgan fingerprint density at radius 3 is 2.25 bits per heavy atom. The molecular formula is C14H23ClN2O2S. The average Bonchev–Trinajstić information content (AvgIpc) is 2.80. The molecule has 1 atom stereocenters. The highest BCUT2D eigenvalue weighted by Crippen LogP contribution is 2.23. The van der Waals surface area contributed by atoms with Crippen molar-refractivity contribution in [2.75, 3.05) is 13.1 Å². The minimum absolute atomic E-state index is 0. The van der Waals surface area contributed by atoms with Crippen molar-refractivity contribution in [1.82, 2.24) is 10.0 Å². The molecule has 0 aromatic heterocycles. The maximum absolute atomic E-state index is 12.2. The second-order valence-corrected chi connectivity index (χ2v) is 7.80. The fourth-order valence-corrected chi connectivity index (χ4v) is 3.45. The molecule has 0 aliphatic carbocycles. The molecule has 1 aliphatic rings. The van der Waals surface area contributed by atoms with Crippen LogP contribution in [0.5, 0.6) is 0 Å². The maximum Gasteiger partial charge on any atom is 0.240 e. The third-order valence-electron chi connectivity index (χ3n) is 3.41. The molecule has 1 unspecified atom stereocenters. The van der Waals surface area contributed by atoms with E-state index in [2.05, 4.69) is 30.8 Å². The van der Waals surface area contributed by atoms with Crippen LogP contribution in [0.4, 0.5) is 0 Å². The lowest BCUT2D eigenvalue weighted by Gasteiger charge is -2.19. The largest absolute Gasteiger partial charge is 0.315 e. The lowest BCUT2D eigenvalue weighted by Crippen LogP contribution is -2.36. The summed E-state index contributed by atoms with van der Waals surface area (Å²) in [5.74, 6) is 0. The monoisotopic (exact) mass is 318 g/mol. The lowest BCUT2D eigenvalue weighted by atomic mass is 9.87. The molecule has 0 amide bonds. The highest BCUT2D eigenvalue weighted by atomic mass is 35.5. The van der Waals surface area contributed by atoms with Crippen molar-refractivity contribution in [2.45, 2.75) is 43.5 Å². The van der Waals surface area contributed by atoms with Crippen LogP contribution in [0.2, 0.25) is 0 Å². The molecule has 2 rings (SSSR count). The van der Waals surface area contributed by atoms with Gasteiger partial charge in [-0.2, -0.15) is 0 Å². The Hall–Kier alpha value is -0.620. The van der Waals surface area contributed by atoms with E-state index < -0.39 is 10.0 Å². The fraction of sp³-hybridized carbons (Fsp3) is 0.571. The number of nitrogens with one attached hydrogen (secondary N) is 2. The van der Waals surface area contributed by atoms with Gasteiger partial charge in [0, 0.05) is 12.6 Å². The summed E-state index contributed by atoms with van der Waals surface area (Å²) in [6, 6.07) is 7.16. The molecule has 114 valence electrons. The molecule has 1 heterocycles. The standard InChI is InChI=1S/C14H22N2O2S.ClH/c1-14(2,3)11-4-6-13(7-5-11)19(17,18)16-12-8-9-15-10-12;/h4-7,12,15-16H,8-10H2,1-3H3;1H. The number of halogens is 1. The summed E-state index contributed by atoms with van der Waals surface area (Å²) in [4.78, 5) is 0.340. The van der Waals surface area contributed by atoms with Crippen molar-refractivity contribution in [3.05, 3.63) is 29.8 Å². The Bertz CT molecular complexity index is 529. The molecule has 0 saturated carbocycles. The van der Waals surface area contributed by atoms with Crippen molar-refractivity contribution in [1.29, 1.82) is 0 Å². The molecular weight excluding hydrogens is 296 g/mol. The third-order valence-corrected chi connectivity index (χ3v) is 4.95. The van der Waals surface area contributed by atoms with Crippen molar-refractivity contribution >= 4 is 22.4 Å². The third kappa shape index (κ3) is 4.19. The van der Waals surface area contributed by atoms with E-state index in [1.807, 2.05) is 12.1 Å². The van der Waals surface area contributed by atoms with Crippen LogP contribution in [-0.4, -0.2) is 27.5 Å². The summed E-state index contributed by atoms with van der Waals surface area (Å²) in [5.41, 5.74) is 1.17. The molecule has 6 heteroatoms. The van der Waals surface area contributed by atoms with Gasteiger partial charge in [0.2, 0.25) is 10.0 Å². The molecule has 1 fully saturated rings. The summed E-state index contributed by atoms with van der Waals surface area (Å²) in [6.45, 7) is 7.91. The second-order valence-electron chi connectivity index (χ2n) is 6.09. The predicted molar refractivity (Wildman–Crippen MR) is 84.0 cm³/mol. The van der Waals surface area contributed by atoms with Crippen molar-refractivity contribution in [3.63, 3.8) is 0 Å². The van der Waals surface area contributed by atoms with Crippen LogP contribution in [0.25, 0.3) is 0 Å². The van der Waals surface area contributed by atoms with Gasteiger partial charge in [0.1, 0.15) is 0 Å². The first-order valence-electron chi connectivity index (χ1n) is 6.63. The highest BCUT2D eigenvalue weighted by Gasteiger charge is 2.23. The van der Waals surface area contributed by atoms with Crippen LogP contribution in [0.3, 0.4) is 0 Å². The Kier molecular flexibility index (Phi) is 5.61. The summed E-state index contributed by atoms with van der Waals surface area (Å²) in [5, 5.41) is 3.15. The first-order valence-corrected chi connectivity index (χ1v) is 8.11. The zero-order chi connectivity index (χ0) is 14.1. The fourth-order valence-electron chi connectivity index (χ4n) is 2.18. The first-order chi connectivity index (χ1) is 8.79. The quantitative estimate of drug-likeness (QED) is 0.896. The van der Waals surface area contributed by atoms with Crippen LogP contribution in [0, 0.1) is 0 Å². The molecule has 0 radical (unpaired) electrons. The molecule has 2 N–H and O–H groups in total. The van der Waals surface area contributed by atoms with E-state index in [1.165, 1.54) is 0 Å². The van der Waals surface area contributed by atoms with Crippen LogP contribution < -0.4 is 10.0 Å². The van der Waals surface area contributed by atoms with E-state index in [4.69, 9.17) is 0 Å². The topological polar surface area (TPSA) is 58.2 Å². The average molecular weight is 319 g/mol. The van der Waals surface area contributed by atoms with Crippen molar-refractivity contribution < 1.29 is 8.42 Å². The van der Waals surface area contributed by atoms with Crippen molar-refractivity contribution in [2.24, 2.45) is 0 Å². The Labute approximate surface area is 127 Å². The minimum atomic E-state index is -3.40. The normalized spacial score (nSPS) is 19.6. The van der Waals surface area contributed by atoms with E-state index >= 15 is 0 Å². The predicted octanol–water partition coefficient (Wildman–Crippen LogP) is 2.05. The molecule has 0 bridgehead atoms. The number of sulfonamides is 1. The number of hydrogen-bond acceptors (Lipinski definition) is 3. The molecule has 1 aromatic carbocycles. The van der Waals surface area contributed by atoms with Crippen LogP contribution in [0.15, 0.2) is 29.2 Å². The number of benzene rings is 1. The summed E-state index contributed by atoms with van der Waals surface area (Å²) in [7, 11) is -3.40. The summed E-state index contributed by atoms with van der Waals surface area (Å²) >= 11 is 0. The Morgan fingerprint density at radius 2 is 1.80 bits per heavy atom. The molecule has 1 aromatic rings. The summed E-state index contributed by atoms with van der Waals surface area (Å²) < 4.78 is 27.2. The van der Waals surface area contributed by atoms with Crippen LogP contribution >= 0.6 is 12.4 Å². The van der Waals surface area contributed by atoms with Gasteiger partial charge in [0.25, 0.3) is 0 Å². The smallest absolute Gasteiger partial charge is 0.240 e. The second kappa shape index (κ2) is 6.43. The van der Waals surface area contributed by atoms with E-state index in [0.29, 0.717) is 11.4 Å². The lowest BCUT2D eigenvalue weighted by molar-refractivity contribution is 0.559. The van der Waals surface area contributed by atoms with Gasteiger partial charge in [-0.05, 0) is 36.1 Å². The molecule has 20 heavy (non-hydrogen) atoms. The van der Waals surface area contributed by atoms with E-state index in [-0.39, 0.29) is 23.9 Å². The van der Waals surface area contributed by atoms with Gasteiger partial charge < -0.3 is 5.32 Å². The maximum atomic E-state index is 12.2. The SMILES string of the molecule is CC(C)(C)c1ccc(S(=O)(=O)NC2CCNC2)cc1.Cl. The van der Waals surface area contributed by atoms with Gasteiger partial charge in [0.05, 0.1) is 4.90 Å². The highest BCUT2D eigenvalue weighted by molar-refractivity contribution is 7.89. The molecule has 0 spiro atoms. The van der Waals surface area contributed by atoms with Gasteiger partial charge in [-0.3, -0.25) is 0 Å². The first kappa shape index (κ1) is 17.4. The molecule has 4 nitrogen and oxygen atoms in total. The van der Waals surface area contributed by atoms with E-state index in [0.717, 1.165) is 18.5 Å². The Morgan fingerprint density at radius 1 is 1.20 bits per heavy atom. The Balaban J connectivity index is 0.00000200. The van der Waals surface area contributed by atoms with Crippen molar-refractivity contribution in [3.8, 4) is 0 Å². The number of hydrogen-bond donors (Lipinski definition) is 2. The molecule has 1 aliphatic heterocycles. The van der Waals surface area contributed by atoms with E-state index in [1.54, 1.807) is 12.1 Å². The number of rotatable bonds is 3. The molecule has 1 saturated heterocycles. The van der Waals surface area contributed by atoms with E-state index in [9.17, 15) is 8.42 Å². The van der Waals surface area contributed by atoms with Gasteiger partial charge in [0.15, 0.2) is 0 Å². The van der Waals surface area contributed by atoms with Gasteiger partial charge in [-0.15, -0.1) is 12.4 Å². The minimum Gasteiger partial charge on any atom is -0.315 e. The van der Waals surface area contributed by atoms with Crippen LogP contribution in [0.1, 0.15) is 32.8 Å². The zero-order valence-corrected chi connectivity index (χ0v) is 13.8. The van der Waals surface area contributed by atoms with Gasteiger partial charge >= 0.3 is 0 Å². The summed E-state index contributed by atoms with van der Waals surface area (Å²) in [6.07, 6.45) is 0.847. The van der Waals surface area contributed by atoms with Gasteiger partial charge in [-0.25, -0.2) is 13.1 Å².